The maximum Gasteiger partial charge on any atom is 0.413 e. The Morgan fingerprint density at radius 3 is 2.79 bits per heavy atom. The van der Waals surface area contributed by atoms with Gasteiger partial charge in [0, 0.05) is 13.0 Å². The molecule has 6 heteroatoms. The van der Waals surface area contributed by atoms with Crippen LogP contribution >= 0.6 is 0 Å². The quantitative estimate of drug-likeness (QED) is 0.677. The summed E-state index contributed by atoms with van der Waals surface area (Å²) < 4.78 is 41.3. The summed E-state index contributed by atoms with van der Waals surface area (Å²) in [5.74, 6) is 0.838. The molecule has 1 aliphatic heterocycles. The number of halogens is 3. The third-order valence-electron chi connectivity index (χ3n) is 2.74. The first-order valence-corrected chi connectivity index (χ1v) is 5.97. The first kappa shape index (κ1) is 14.1. The Morgan fingerprint density at radius 1 is 1.37 bits per heavy atom. The van der Waals surface area contributed by atoms with Crippen LogP contribution in [0.4, 0.5) is 13.2 Å². The van der Waals surface area contributed by atoms with Crippen molar-refractivity contribution in [3.05, 3.63) is 29.3 Å². The van der Waals surface area contributed by atoms with Gasteiger partial charge in [0.15, 0.2) is 6.61 Å². The molecule has 1 aromatic carbocycles. The first-order valence-electron chi connectivity index (χ1n) is 5.97. The lowest BCUT2D eigenvalue weighted by molar-refractivity contribution is -0.190. The summed E-state index contributed by atoms with van der Waals surface area (Å²) in [6, 6.07) is 5.57. The molecule has 1 N–H and O–H groups in total. The van der Waals surface area contributed by atoms with E-state index in [4.69, 9.17) is 4.74 Å². The Hall–Kier alpha value is -1.27. The molecule has 0 fully saturated rings. The average Bonchev–Trinajstić information content (AvgIpc) is 2.56. The van der Waals surface area contributed by atoms with Crippen LogP contribution in [0.1, 0.15) is 25.0 Å². The highest BCUT2D eigenvalue weighted by atomic mass is 19.4. The molecule has 1 aliphatic rings. The molecule has 0 amide bonds. The lowest BCUT2D eigenvalue weighted by Gasteiger charge is -2.16. The highest BCUT2D eigenvalue weighted by Crippen LogP contribution is 2.35. The van der Waals surface area contributed by atoms with Crippen molar-refractivity contribution in [1.29, 1.82) is 0 Å². The molecule has 0 spiro atoms. The van der Waals surface area contributed by atoms with Crippen LogP contribution in [0.5, 0.6) is 5.75 Å². The van der Waals surface area contributed by atoms with Gasteiger partial charge in [-0.2, -0.15) is 18.7 Å². The largest absolute Gasteiger partial charge is 0.487 e. The number of hydrogen-bond donors (Lipinski definition) is 1. The maximum atomic E-state index is 11.9. The van der Waals surface area contributed by atoms with E-state index in [2.05, 4.69) is 10.3 Å². The van der Waals surface area contributed by atoms with Crippen LogP contribution in [0.25, 0.3) is 0 Å². The molecule has 2 rings (SSSR count). The molecule has 106 valence electrons. The molecule has 0 aliphatic carbocycles. The molecule has 0 saturated heterocycles. The Kier molecular flexibility index (Phi) is 3.73. The number of fused-ring (bicyclic) bond motifs is 1. The Morgan fingerprint density at radius 2 is 2.11 bits per heavy atom. The normalized spacial score (nSPS) is 17.1. The van der Waals surface area contributed by atoms with Gasteiger partial charge in [-0.25, -0.2) is 0 Å². The van der Waals surface area contributed by atoms with Crippen molar-refractivity contribution in [2.45, 2.75) is 38.6 Å². The van der Waals surface area contributed by atoms with Crippen LogP contribution in [0.15, 0.2) is 18.2 Å². The predicted molar refractivity (Wildman–Crippen MR) is 63.7 cm³/mol. The molecular formula is C13H16F3NO2. The van der Waals surface area contributed by atoms with E-state index in [-0.39, 0.29) is 12.1 Å². The van der Waals surface area contributed by atoms with E-state index in [0.717, 1.165) is 23.3 Å². The number of hydrogen-bond acceptors (Lipinski definition) is 3. The van der Waals surface area contributed by atoms with Crippen LogP contribution in [-0.2, 0) is 17.8 Å². The van der Waals surface area contributed by atoms with Crippen molar-refractivity contribution in [1.82, 2.24) is 5.48 Å². The summed E-state index contributed by atoms with van der Waals surface area (Å²) in [4.78, 5) is 4.36. The van der Waals surface area contributed by atoms with Gasteiger partial charge in [0.05, 0.1) is 0 Å². The van der Waals surface area contributed by atoms with E-state index in [0.29, 0.717) is 0 Å². The number of benzene rings is 1. The summed E-state index contributed by atoms with van der Waals surface area (Å²) in [5, 5.41) is 0. The third kappa shape index (κ3) is 4.11. The van der Waals surface area contributed by atoms with E-state index in [1.807, 2.05) is 32.0 Å². The van der Waals surface area contributed by atoms with Crippen molar-refractivity contribution in [3.8, 4) is 5.75 Å². The van der Waals surface area contributed by atoms with Gasteiger partial charge in [-0.3, -0.25) is 4.84 Å². The molecule has 0 saturated carbocycles. The summed E-state index contributed by atoms with van der Waals surface area (Å²) in [5.41, 5.74) is 4.02. The molecule has 0 unspecified atom stereocenters. The standard InChI is InChI=1S/C13H16F3NO2/c1-12(2)6-10-5-9(3-4-11(10)19-12)7-17-18-8-13(14,15)16/h3-5,17H,6-8H2,1-2H3. The van der Waals surface area contributed by atoms with Gasteiger partial charge in [0.25, 0.3) is 0 Å². The van der Waals surface area contributed by atoms with Gasteiger partial charge < -0.3 is 4.74 Å². The molecule has 1 aromatic rings. The monoisotopic (exact) mass is 275 g/mol. The first-order chi connectivity index (χ1) is 8.75. The number of hydroxylamine groups is 1. The van der Waals surface area contributed by atoms with E-state index in [1.165, 1.54) is 0 Å². The minimum absolute atomic E-state index is 0.221. The second-order valence-corrected chi connectivity index (χ2v) is 5.21. The van der Waals surface area contributed by atoms with Crippen LogP contribution < -0.4 is 10.2 Å². The number of alkyl halides is 3. The Bertz CT molecular complexity index is 458. The highest BCUT2D eigenvalue weighted by Gasteiger charge is 2.30. The third-order valence-corrected chi connectivity index (χ3v) is 2.74. The number of nitrogens with one attached hydrogen (secondary N) is 1. The van der Waals surface area contributed by atoms with E-state index in [1.54, 1.807) is 0 Å². The summed E-state index contributed by atoms with van der Waals surface area (Å²) in [6.45, 7) is 2.92. The lowest BCUT2D eigenvalue weighted by Crippen LogP contribution is -2.24. The maximum absolute atomic E-state index is 11.9. The Labute approximate surface area is 109 Å². The van der Waals surface area contributed by atoms with Gasteiger partial charge in [0.2, 0.25) is 0 Å². The van der Waals surface area contributed by atoms with Crippen LogP contribution in [-0.4, -0.2) is 18.4 Å². The van der Waals surface area contributed by atoms with Crippen LogP contribution in [0.3, 0.4) is 0 Å². The van der Waals surface area contributed by atoms with Crippen molar-refractivity contribution in [2.24, 2.45) is 0 Å². The summed E-state index contributed by atoms with van der Waals surface area (Å²) in [7, 11) is 0. The van der Waals surface area contributed by atoms with Crippen molar-refractivity contribution < 1.29 is 22.7 Å². The predicted octanol–water partition coefficient (Wildman–Crippen LogP) is 2.98. The SMILES string of the molecule is CC1(C)Cc2cc(CNOCC(F)(F)F)ccc2O1. The topological polar surface area (TPSA) is 30.5 Å². The van der Waals surface area contributed by atoms with E-state index < -0.39 is 12.8 Å². The van der Waals surface area contributed by atoms with E-state index >= 15 is 0 Å². The second-order valence-electron chi connectivity index (χ2n) is 5.21. The second kappa shape index (κ2) is 5.02. The number of rotatable bonds is 4. The van der Waals surface area contributed by atoms with Crippen molar-refractivity contribution in [3.63, 3.8) is 0 Å². The van der Waals surface area contributed by atoms with Gasteiger partial charge in [0.1, 0.15) is 11.4 Å². The zero-order chi connectivity index (χ0) is 14.1. The average molecular weight is 275 g/mol. The zero-order valence-electron chi connectivity index (χ0n) is 10.8. The van der Waals surface area contributed by atoms with Gasteiger partial charge >= 0.3 is 6.18 Å². The lowest BCUT2D eigenvalue weighted by atomic mass is 10.0. The highest BCUT2D eigenvalue weighted by molar-refractivity contribution is 5.41. The molecule has 0 radical (unpaired) electrons. The van der Waals surface area contributed by atoms with Crippen molar-refractivity contribution >= 4 is 0 Å². The minimum Gasteiger partial charge on any atom is -0.487 e. The van der Waals surface area contributed by atoms with E-state index in [9.17, 15) is 13.2 Å². The molecule has 0 bridgehead atoms. The van der Waals surface area contributed by atoms with Gasteiger partial charge in [-0.1, -0.05) is 12.1 Å². The molecule has 1 heterocycles. The zero-order valence-corrected chi connectivity index (χ0v) is 10.8. The minimum atomic E-state index is -4.32. The Balaban J connectivity index is 1.87. The van der Waals surface area contributed by atoms with Crippen LogP contribution in [0.2, 0.25) is 0 Å². The van der Waals surface area contributed by atoms with Gasteiger partial charge in [-0.05, 0) is 31.0 Å². The fourth-order valence-electron chi connectivity index (χ4n) is 2.04. The molecule has 0 aromatic heterocycles. The molecule has 0 atom stereocenters. The van der Waals surface area contributed by atoms with Crippen molar-refractivity contribution in [2.75, 3.05) is 6.61 Å². The van der Waals surface area contributed by atoms with Crippen LogP contribution in [0, 0.1) is 0 Å². The molecule has 3 nitrogen and oxygen atoms in total. The fourth-order valence-corrected chi connectivity index (χ4v) is 2.04. The summed E-state index contributed by atoms with van der Waals surface area (Å²) in [6.07, 6.45) is -3.53. The molecule has 19 heavy (non-hydrogen) atoms. The summed E-state index contributed by atoms with van der Waals surface area (Å²) >= 11 is 0. The fraction of sp³-hybridized carbons (Fsp3) is 0.538. The smallest absolute Gasteiger partial charge is 0.413 e. The molecular weight excluding hydrogens is 259 g/mol. The number of ether oxygens (including phenoxy) is 1. The van der Waals surface area contributed by atoms with Gasteiger partial charge in [-0.15, -0.1) is 0 Å².